The van der Waals surface area contributed by atoms with Crippen LogP contribution in [-0.4, -0.2) is 26.9 Å². The van der Waals surface area contributed by atoms with E-state index in [1.807, 2.05) is 36.5 Å². The van der Waals surface area contributed by atoms with E-state index >= 15 is 0 Å². The van der Waals surface area contributed by atoms with E-state index in [1.54, 1.807) is 10.9 Å². The van der Waals surface area contributed by atoms with Crippen LogP contribution in [0.5, 0.6) is 0 Å². The summed E-state index contributed by atoms with van der Waals surface area (Å²) in [6.07, 6.45) is 3.93. The molecule has 1 aliphatic carbocycles. The Balaban J connectivity index is 1.61. The number of carbonyl (C=O) groups is 1. The van der Waals surface area contributed by atoms with Crippen molar-refractivity contribution in [2.24, 2.45) is 0 Å². The third-order valence-electron chi connectivity index (χ3n) is 3.65. The van der Waals surface area contributed by atoms with E-state index in [0.717, 1.165) is 11.1 Å². The first-order valence-corrected chi connectivity index (χ1v) is 6.77. The minimum absolute atomic E-state index is 0.0683. The van der Waals surface area contributed by atoms with Crippen molar-refractivity contribution in [3.05, 3.63) is 53.9 Å². The van der Waals surface area contributed by atoms with Gasteiger partial charge in [0.2, 0.25) is 5.91 Å². The van der Waals surface area contributed by atoms with Crippen LogP contribution in [0.4, 0.5) is 0 Å². The third-order valence-corrected chi connectivity index (χ3v) is 3.65. The number of aliphatic hydroxyl groups is 1. The van der Waals surface area contributed by atoms with Crippen LogP contribution in [-0.2, 0) is 17.8 Å². The number of aliphatic hydroxyl groups excluding tert-OH is 1. The summed E-state index contributed by atoms with van der Waals surface area (Å²) in [5, 5.41) is 17.1. The van der Waals surface area contributed by atoms with Gasteiger partial charge in [0.15, 0.2) is 0 Å². The van der Waals surface area contributed by atoms with Crippen molar-refractivity contribution in [2.45, 2.75) is 31.5 Å². The largest absolute Gasteiger partial charge is 0.390 e. The topological polar surface area (TPSA) is 67.2 Å². The Morgan fingerprint density at radius 3 is 3.05 bits per heavy atom. The molecular formula is C15H17N3O2. The Morgan fingerprint density at radius 2 is 2.25 bits per heavy atom. The monoisotopic (exact) mass is 271 g/mol. The minimum Gasteiger partial charge on any atom is -0.390 e. The second-order valence-electron chi connectivity index (χ2n) is 5.03. The summed E-state index contributed by atoms with van der Waals surface area (Å²) < 4.78 is 1.72. The quantitative estimate of drug-likeness (QED) is 0.873. The number of aryl methyl sites for hydroxylation is 1. The summed E-state index contributed by atoms with van der Waals surface area (Å²) in [6.45, 7) is 0.545. The Hall–Kier alpha value is -2.14. The highest BCUT2D eigenvalue weighted by Gasteiger charge is 2.31. The Bertz CT molecular complexity index is 595. The van der Waals surface area contributed by atoms with Gasteiger partial charge < -0.3 is 10.4 Å². The van der Waals surface area contributed by atoms with Gasteiger partial charge in [0.1, 0.15) is 0 Å². The molecule has 2 atom stereocenters. The molecule has 1 aromatic heterocycles. The van der Waals surface area contributed by atoms with Crippen LogP contribution < -0.4 is 5.32 Å². The first kappa shape index (κ1) is 12.9. The maximum Gasteiger partial charge on any atom is 0.222 e. The summed E-state index contributed by atoms with van der Waals surface area (Å²) in [6, 6.07) is 9.37. The number of nitrogens with zero attached hydrogens (tertiary/aromatic N) is 2. The number of rotatable bonds is 4. The van der Waals surface area contributed by atoms with Gasteiger partial charge >= 0.3 is 0 Å². The lowest BCUT2D eigenvalue weighted by Crippen LogP contribution is -2.34. The van der Waals surface area contributed by atoms with Gasteiger partial charge in [0.25, 0.3) is 0 Å². The predicted molar refractivity (Wildman–Crippen MR) is 73.9 cm³/mol. The maximum absolute atomic E-state index is 12.0. The van der Waals surface area contributed by atoms with Crippen LogP contribution in [0.3, 0.4) is 0 Å². The van der Waals surface area contributed by atoms with Gasteiger partial charge in [-0.15, -0.1) is 0 Å². The first-order chi connectivity index (χ1) is 9.74. The second-order valence-corrected chi connectivity index (χ2v) is 5.03. The molecule has 1 heterocycles. The number of hydrogen-bond acceptors (Lipinski definition) is 3. The molecule has 0 aliphatic heterocycles. The first-order valence-electron chi connectivity index (χ1n) is 6.77. The normalized spacial score (nSPS) is 20.6. The van der Waals surface area contributed by atoms with Crippen molar-refractivity contribution in [3.63, 3.8) is 0 Å². The predicted octanol–water partition coefficient (Wildman–Crippen LogP) is 1.05. The average molecular weight is 271 g/mol. The molecule has 20 heavy (non-hydrogen) atoms. The molecule has 0 bridgehead atoms. The number of aromatic nitrogens is 2. The van der Waals surface area contributed by atoms with Gasteiger partial charge in [-0.25, -0.2) is 0 Å². The molecule has 1 amide bonds. The molecule has 0 spiro atoms. The molecule has 0 saturated heterocycles. The van der Waals surface area contributed by atoms with Gasteiger partial charge in [-0.3, -0.25) is 9.48 Å². The molecule has 2 aromatic rings. The number of carbonyl (C=O) groups excluding carboxylic acids is 1. The Kier molecular flexibility index (Phi) is 3.52. The fourth-order valence-corrected chi connectivity index (χ4v) is 2.64. The van der Waals surface area contributed by atoms with Crippen LogP contribution in [0.25, 0.3) is 0 Å². The third kappa shape index (κ3) is 2.58. The minimum atomic E-state index is -0.541. The van der Waals surface area contributed by atoms with E-state index in [0.29, 0.717) is 19.4 Å². The van der Waals surface area contributed by atoms with Gasteiger partial charge in [-0.1, -0.05) is 24.3 Å². The molecule has 0 fully saturated rings. The SMILES string of the molecule is O=C(CCn1cccn1)N[C@@H]1c2ccccc2C[C@@H]1O. The highest BCUT2D eigenvalue weighted by atomic mass is 16.3. The van der Waals surface area contributed by atoms with E-state index in [4.69, 9.17) is 0 Å². The van der Waals surface area contributed by atoms with Gasteiger partial charge in [-0.05, 0) is 17.2 Å². The number of fused-ring (bicyclic) bond motifs is 1. The maximum atomic E-state index is 12.0. The molecule has 3 rings (SSSR count). The molecule has 1 aliphatic rings. The zero-order chi connectivity index (χ0) is 13.9. The lowest BCUT2D eigenvalue weighted by atomic mass is 10.1. The van der Waals surface area contributed by atoms with Crippen LogP contribution in [0, 0.1) is 0 Å². The van der Waals surface area contributed by atoms with E-state index in [2.05, 4.69) is 10.4 Å². The van der Waals surface area contributed by atoms with E-state index in [9.17, 15) is 9.90 Å². The summed E-state index contributed by atoms with van der Waals surface area (Å²) in [5.74, 6) is -0.0683. The highest BCUT2D eigenvalue weighted by Crippen LogP contribution is 2.31. The van der Waals surface area contributed by atoms with Crippen molar-refractivity contribution in [1.29, 1.82) is 0 Å². The van der Waals surface area contributed by atoms with Crippen LogP contribution >= 0.6 is 0 Å². The van der Waals surface area contributed by atoms with Gasteiger partial charge in [0, 0.05) is 31.8 Å². The standard InChI is InChI=1S/C15H17N3O2/c19-13-10-11-4-1-2-5-12(11)15(13)17-14(20)6-9-18-8-3-7-16-18/h1-5,7-8,13,15,19H,6,9-10H2,(H,17,20)/t13-,15+/m0/s1. The smallest absolute Gasteiger partial charge is 0.222 e. The number of hydrogen-bond donors (Lipinski definition) is 2. The molecule has 5 heteroatoms. The van der Waals surface area contributed by atoms with E-state index < -0.39 is 6.10 Å². The number of benzene rings is 1. The van der Waals surface area contributed by atoms with Crippen molar-refractivity contribution in [3.8, 4) is 0 Å². The zero-order valence-corrected chi connectivity index (χ0v) is 11.1. The number of nitrogens with one attached hydrogen (secondary N) is 1. The summed E-state index contributed by atoms with van der Waals surface area (Å²) in [7, 11) is 0. The van der Waals surface area contributed by atoms with Gasteiger partial charge in [-0.2, -0.15) is 5.10 Å². The lowest BCUT2D eigenvalue weighted by Gasteiger charge is -2.18. The summed E-state index contributed by atoms with van der Waals surface area (Å²) >= 11 is 0. The van der Waals surface area contributed by atoms with Crippen molar-refractivity contribution >= 4 is 5.91 Å². The van der Waals surface area contributed by atoms with Crippen molar-refractivity contribution < 1.29 is 9.90 Å². The van der Waals surface area contributed by atoms with Gasteiger partial charge in [0.05, 0.1) is 12.1 Å². The molecule has 0 saturated carbocycles. The summed E-state index contributed by atoms with van der Waals surface area (Å²) in [5.41, 5.74) is 2.13. The Labute approximate surface area is 117 Å². The van der Waals surface area contributed by atoms with Crippen LogP contribution in [0.15, 0.2) is 42.7 Å². The van der Waals surface area contributed by atoms with Crippen molar-refractivity contribution in [2.75, 3.05) is 0 Å². The summed E-state index contributed by atoms with van der Waals surface area (Å²) in [4.78, 5) is 12.0. The Morgan fingerprint density at radius 1 is 1.40 bits per heavy atom. The van der Waals surface area contributed by atoms with E-state index in [-0.39, 0.29) is 11.9 Å². The van der Waals surface area contributed by atoms with Crippen LogP contribution in [0.1, 0.15) is 23.6 Å². The van der Waals surface area contributed by atoms with E-state index in [1.165, 1.54) is 0 Å². The zero-order valence-electron chi connectivity index (χ0n) is 11.1. The van der Waals surface area contributed by atoms with Crippen LogP contribution in [0.2, 0.25) is 0 Å². The molecule has 0 unspecified atom stereocenters. The molecule has 2 N–H and O–H groups in total. The lowest BCUT2D eigenvalue weighted by molar-refractivity contribution is -0.122. The molecule has 1 aromatic carbocycles. The number of amides is 1. The molecular weight excluding hydrogens is 254 g/mol. The average Bonchev–Trinajstić information content (AvgIpc) is 3.06. The van der Waals surface area contributed by atoms with Crippen molar-refractivity contribution in [1.82, 2.24) is 15.1 Å². The fraction of sp³-hybridized carbons (Fsp3) is 0.333. The second kappa shape index (κ2) is 5.46. The molecule has 5 nitrogen and oxygen atoms in total. The molecule has 104 valence electrons. The fourth-order valence-electron chi connectivity index (χ4n) is 2.64. The molecule has 0 radical (unpaired) electrons. The highest BCUT2D eigenvalue weighted by molar-refractivity contribution is 5.76.